The van der Waals surface area contributed by atoms with E-state index < -0.39 is 5.91 Å². The lowest BCUT2D eigenvalue weighted by atomic mass is 10.1. The zero-order valence-corrected chi connectivity index (χ0v) is 13.2. The zero-order chi connectivity index (χ0) is 17.4. The number of nitrogens with zero attached hydrogens (tertiary/aromatic N) is 1. The molecule has 2 N–H and O–H groups in total. The molecule has 0 radical (unpaired) electrons. The minimum atomic E-state index is -0.421. The van der Waals surface area contributed by atoms with Crippen molar-refractivity contribution in [2.24, 2.45) is 0 Å². The second kappa shape index (κ2) is 5.79. The van der Waals surface area contributed by atoms with Crippen molar-refractivity contribution < 1.29 is 13.7 Å². The Morgan fingerprint density at radius 3 is 2.84 bits per heavy atom. The topological polar surface area (TPSA) is 101 Å². The van der Waals surface area contributed by atoms with E-state index in [0.717, 1.165) is 5.39 Å². The summed E-state index contributed by atoms with van der Waals surface area (Å²) in [4.78, 5) is 26.8. The van der Waals surface area contributed by atoms with Gasteiger partial charge in [0.2, 0.25) is 5.76 Å². The third kappa shape index (κ3) is 2.83. The van der Waals surface area contributed by atoms with Gasteiger partial charge in [0.25, 0.3) is 11.5 Å². The normalized spacial score (nSPS) is 10.9. The first-order valence-corrected chi connectivity index (χ1v) is 7.56. The smallest absolute Gasteiger partial charge is 0.277 e. The Hall–Kier alpha value is -3.61. The summed E-state index contributed by atoms with van der Waals surface area (Å²) in [7, 11) is 0. The highest BCUT2D eigenvalue weighted by atomic mass is 16.5. The fraction of sp³-hybridized carbons (Fsp3) is 0.0556. The molecular weight excluding hydrogens is 322 g/mol. The number of fused-ring (bicyclic) bond motifs is 1. The summed E-state index contributed by atoms with van der Waals surface area (Å²) in [5, 5.41) is 7.37. The third-order valence-corrected chi connectivity index (χ3v) is 3.80. The number of furan rings is 1. The van der Waals surface area contributed by atoms with Gasteiger partial charge in [0, 0.05) is 17.3 Å². The van der Waals surface area contributed by atoms with Crippen molar-refractivity contribution >= 4 is 22.5 Å². The van der Waals surface area contributed by atoms with Crippen LogP contribution in [0.3, 0.4) is 0 Å². The number of H-pyrrole nitrogens is 1. The van der Waals surface area contributed by atoms with Crippen molar-refractivity contribution in [3.63, 3.8) is 0 Å². The van der Waals surface area contributed by atoms with Gasteiger partial charge >= 0.3 is 0 Å². The van der Waals surface area contributed by atoms with Gasteiger partial charge in [-0.1, -0.05) is 11.2 Å². The van der Waals surface area contributed by atoms with E-state index in [1.54, 1.807) is 37.3 Å². The number of amides is 1. The van der Waals surface area contributed by atoms with Gasteiger partial charge in [-0.2, -0.15) is 0 Å². The summed E-state index contributed by atoms with van der Waals surface area (Å²) in [6.07, 6.45) is 1.51. The molecule has 3 aromatic heterocycles. The van der Waals surface area contributed by atoms with Crippen molar-refractivity contribution in [2.75, 3.05) is 5.32 Å². The van der Waals surface area contributed by atoms with E-state index in [2.05, 4.69) is 15.5 Å². The Bertz CT molecular complexity index is 1120. The SMILES string of the molecule is Cc1cc2ccc(NC(=O)c3cc(-c4ccco4)on3)cc2[nH]c1=O. The van der Waals surface area contributed by atoms with Gasteiger partial charge in [-0.25, -0.2) is 0 Å². The van der Waals surface area contributed by atoms with Crippen molar-refractivity contribution in [1.29, 1.82) is 0 Å². The van der Waals surface area contributed by atoms with Crippen LogP contribution in [0, 0.1) is 6.92 Å². The summed E-state index contributed by atoms with van der Waals surface area (Å²) >= 11 is 0. The van der Waals surface area contributed by atoms with Crippen LogP contribution in [0.4, 0.5) is 5.69 Å². The van der Waals surface area contributed by atoms with Crippen LogP contribution in [0.25, 0.3) is 22.4 Å². The van der Waals surface area contributed by atoms with Crippen molar-refractivity contribution in [3.8, 4) is 11.5 Å². The Kier molecular flexibility index (Phi) is 3.46. The van der Waals surface area contributed by atoms with E-state index in [0.29, 0.717) is 28.3 Å². The average Bonchev–Trinajstić information content (AvgIpc) is 3.27. The van der Waals surface area contributed by atoms with Crippen LogP contribution >= 0.6 is 0 Å². The molecule has 0 aliphatic rings. The first-order chi connectivity index (χ1) is 12.1. The second-order valence-electron chi connectivity index (χ2n) is 5.59. The number of carbonyl (C=O) groups is 1. The van der Waals surface area contributed by atoms with E-state index in [9.17, 15) is 9.59 Å². The van der Waals surface area contributed by atoms with Gasteiger partial charge < -0.3 is 19.2 Å². The molecule has 0 unspecified atom stereocenters. The highest BCUT2D eigenvalue weighted by Gasteiger charge is 2.15. The molecule has 1 aromatic carbocycles. The Labute approximate surface area is 141 Å². The van der Waals surface area contributed by atoms with Crippen LogP contribution in [-0.4, -0.2) is 16.0 Å². The molecule has 124 valence electrons. The quantitative estimate of drug-likeness (QED) is 0.598. The van der Waals surface area contributed by atoms with E-state index >= 15 is 0 Å². The van der Waals surface area contributed by atoms with E-state index in [1.165, 1.54) is 12.3 Å². The Morgan fingerprint density at radius 1 is 1.16 bits per heavy atom. The van der Waals surface area contributed by atoms with E-state index in [-0.39, 0.29) is 11.3 Å². The van der Waals surface area contributed by atoms with Crippen LogP contribution in [0.1, 0.15) is 16.1 Å². The molecule has 0 aliphatic carbocycles. The number of hydrogen-bond donors (Lipinski definition) is 2. The maximum Gasteiger partial charge on any atom is 0.277 e. The summed E-state index contributed by atoms with van der Waals surface area (Å²) in [6.45, 7) is 1.75. The highest BCUT2D eigenvalue weighted by molar-refractivity contribution is 6.04. The molecule has 7 heteroatoms. The van der Waals surface area contributed by atoms with Crippen LogP contribution in [0.2, 0.25) is 0 Å². The van der Waals surface area contributed by atoms with Crippen LogP contribution in [0.5, 0.6) is 0 Å². The fourth-order valence-corrected chi connectivity index (χ4v) is 2.50. The summed E-state index contributed by atoms with van der Waals surface area (Å²) in [5.74, 6) is 0.439. The van der Waals surface area contributed by atoms with Gasteiger partial charge in [0.05, 0.1) is 11.8 Å². The number of hydrogen-bond acceptors (Lipinski definition) is 5. The first kappa shape index (κ1) is 14.9. The number of aromatic nitrogens is 2. The molecule has 1 amide bonds. The Morgan fingerprint density at radius 2 is 2.04 bits per heavy atom. The lowest BCUT2D eigenvalue weighted by Gasteiger charge is -2.05. The zero-order valence-electron chi connectivity index (χ0n) is 13.2. The van der Waals surface area contributed by atoms with Crippen molar-refractivity contribution in [1.82, 2.24) is 10.1 Å². The molecule has 0 aliphatic heterocycles. The van der Waals surface area contributed by atoms with Crippen LogP contribution < -0.4 is 10.9 Å². The molecule has 25 heavy (non-hydrogen) atoms. The number of benzene rings is 1. The standard InChI is InChI=1S/C18H13N3O4/c1-10-7-11-4-5-12(8-13(11)20-17(10)22)19-18(23)14-9-16(25-21-14)15-3-2-6-24-15/h2-9H,1H3,(H,19,23)(H,20,22). The first-order valence-electron chi connectivity index (χ1n) is 7.56. The minimum absolute atomic E-state index is 0.129. The molecule has 0 spiro atoms. The molecule has 4 aromatic rings. The number of pyridine rings is 1. The molecule has 0 fully saturated rings. The molecule has 0 saturated carbocycles. The van der Waals surface area contributed by atoms with Crippen molar-refractivity contribution in [3.05, 3.63) is 70.3 Å². The Balaban J connectivity index is 1.59. The maximum absolute atomic E-state index is 12.3. The van der Waals surface area contributed by atoms with Gasteiger partial charge in [-0.3, -0.25) is 9.59 Å². The number of aromatic amines is 1. The van der Waals surface area contributed by atoms with Gasteiger partial charge in [-0.15, -0.1) is 0 Å². The van der Waals surface area contributed by atoms with E-state index in [4.69, 9.17) is 8.94 Å². The predicted molar refractivity (Wildman–Crippen MR) is 91.5 cm³/mol. The molecule has 0 saturated heterocycles. The summed E-state index contributed by atoms with van der Waals surface area (Å²) in [5.41, 5.74) is 1.79. The molecule has 4 rings (SSSR count). The predicted octanol–water partition coefficient (Wildman–Crippen LogP) is 3.34. The number of aryl methyl sites for hydroxylation is 1. The fourth-order valence-electron chi connectivity index (χ4n) is 2.50. The lowest BCUT2D eigenvalue weighted by Crippen LogP contribution is -2.13. The molecule has 3 heterocycles. The largest absolute Gasteiger partial charge is 0.461 e. The van der Waals surface area contributed by atoms with Gasteiger partial charge in [0.15, 0.2) is 11.5 Å². The number of nitrogens with one attached hydrogen (secondary N) is 2. The third-order valence-electron chi connectivity index (χ3n) is 3.80. The van der Waals surface area contributed by atoms with Crippen LogP contribution in [0.15, 0.2) is 62.5 Å². The molecular formula is C18H13N3O4. The van der Waals surface area contributed by atoms with Crippen molar-refractivity contribution in [2.45, 2.75) is 6.92 Å². The minimum Gasteiger partial charge on any atom is -0.461 e. The summed E-state index contributed by atoms with van der Waals surface area (Å²) < 4.78 is 10.3. The highest BCUT2D eigenvalue weighted by Crippen LogP contribution is 2.22. The molecule has 0 atom stereocenters. The second-order valence-corrected chi connectivity index (χ2v) is 5.59. The molecule has 0 bridgehead atoms. The van der Waals surface area contributed by atoms with Gasteiger partial charge in [0.1, 0.15) is 0 Å². The summed E-state index contributed by atoms with van der Waals surface area (Å²) in [6, 6.07) is 12.0. The van der Waals surface area contributed by atoms with Crippen LogP contribution in [-0.2, 0) is 0 Å². The van der Waals surface area contributed by atoms with E-state index in [1.807, 2.05) is 6.07 Å². The molecule has 7 nitrogen and oxygen atoms in total. The number of rotatable bonds is 3. The number of carbonyl (C=O) groups excluding carboxylic acids is 1. The maximum atomic E-state index is 12.3. The lowest BCUT2D eigenvalue weighted by molar-refractivity contribution is 0.101. The monoisotopic (exact) mass is 335 g/mol. The average molecular weight is 335 g/mol. The van der Waals surface area contributed by atoms with Gasteiger partial charge in [-0.05, 0) is 42.6 Å². The number of anilines is 1.